The molecule has 42 heavy (non-hydrogen) atoms. The Kier molecular flexibility index (Phi) is 21.2. The summed E-state index contributed by atoms with van der Waals surface area (Å²) in [5.41, 5.74) is 4.61. The van der Waals surface area contributed by atoms with Gasteiger partial charge in [-0.25, -0.2) is 23.0 Å². The highest BCUT2D eigenvalue weighted by Crippen LogP contribution is 2.82. The van der Waals surface area contributed by atoms with E-state index in [1.165, 1.54) is 0 Å². The van der Waals surface area contributed by atoms with E-state index < -0.39 is 87.2 Å². The molecule has 258 valence electrons. The topological polar surface area (TPSA) is 480 Å². The van der Waals surface area contributed by atoms with E-state index in [1.807, 2.05) is 0 Å². The van der Waals surface area contributed by atoms with Crippen LogP contribution in [0.15, 0.2) is 0 Å². The summed E-state index contributed by atoms with van der Waals surface area (Å²) in [6, 6.07) is 0. The molecule has 0 spiro atoms. The number of phosphoric acid groups is 4. The minimum Gasteiger partial charge on any atom is -0.783 e. The fraction of sp³-hybridized carbons (Fsp3) is 1.00. The van der Waals surface area contributed by atoms with Crippen molar-refractivity contribution in [3.05, 3.63) is 0 Å². The lowest BCUT2D eigenvalue weighted by atomic mass is 11.8. The van der Waals surface area contributed by atoms with Gasteiger partial charge in [0.1, 0.15) is 5.77 Å². The van der Waals surface area contributed by atoms with Crippen molar-refractivity contribution >= 4 is 98.6 Å². The molecule has 0 amide bonds. The quantitative estimate of drug-likeness (QED) is 0.119. The van der Waals surface area contributed by atoms with Crippen molar-refractivity contribution in [1.82, 2.24) is 0 Å². The van der Waals surface area contributed by atoms with Crippen LogP contribution in [-0.2, 0) is 67.4 Å². The van der Waals surface area contributed by atoms with Crippen molar-refractivity contribution in [2.24, 2.45) is 5.50 Å². The minimum atomic E-state index is -5.62. The number of hydrogen-bond acceptors (Lipinski definition) is 26. The molecule has 0 aromatic rings. The lowest BCUT2D eigenvalue weighted by molar-refractivity contribution is -0.242. The second-order valence-electron chi connectivity index (χ2n) is 5.22. The third kappa shape index (κ3) is 32.3. The maximum Gasteiger partial charge on any atom is 0.409 e. The van der Waals surface area contributed by atoms with Crippen LogP contribution in [0.5, 0.6) is 0 Å². The third-order valence-corrected chi connectivity index (χ3v) is 26.4. The first-order valence-corrected chi connectivity index (χ1v) is 27.6. The molecule has 9 atom stereocenters. The van der Waals surface area contributed by atoms with Crippen LogP contribution >= 0.6 is 98.6 Å². The molecule has 9 unspecified atom stereocenters. The molecule has 39 heteroatoms. The average Bonchev–Trinajstić information content (AvgIpc) is 2.60. The van der Waals surface area contributed by atoms with Crippen LogP contribution < -0.4 is 44.7 Å². The van der Waals surface area contributed by atoms with Crippen LogP contribution in [0.4, 0.5) is 0 Å². The normalized spacial score (nSPS) is 24.6. The van der Waals surface area contributed by atoms with Gasteiger partial charge in [-0.05, 0) is 28.3 Å². The standard InChI is InChI=1S/CH8NO9P3.CH7O9P3S.CH7O8P3S2/c1-9-12(2,3)10-14(7,8)11-13(4,5)6;1-14-13(7,8)10-12(5,6)9-11(2,3)4;1-9-11(5,6)14-12(7,8)13-10(2,3)4/h1H3,(H2,2,3)(H,7,8)(H2,4,5,6);2*1H3,(H,5,6)(H,7,8)(H2,2,3,4)/p-8. The van der Waals surface area contributed by atoms with Crippen molar-refractivity contribution in [1.29, 1.82) is 0 Å². The zero-order valence-electron chi connectivity index (χ0n) is 19.6. The van der Waals surface area contributed by atoms with Gasteiger partial charge in [0, 0.05) is 14.2 Å². The number of nitrogens with two attached hydrogens (primary N) is 1. The highest BCUT2D eigenvalue weighted by Gasteiger charge is 2.28. The Hall–Kier alpha value is 2.40. The van der Waals surface area contributed by atoms with Gasteiger partial charge in [-0.15, -0.1) is 0 Å². The highest BCUT2D eigenvalue weighted by molar-refractivity contribution is 9.11. The predicted molar refractivity (Wildman–Crippen MR) is 126 cm³/mol. The second-order valence-corrected chi connectivity index (χ2v) is 30.3. The lowest BCUT2D eigenvalue weighted by Crippen LogP contribution is -2.13. The summed E-state index contributed by atoms with van der Waals surface area (Å²) < 4.78 is 114. The molecule has 0 bridgehead atoms. The van der Waals surface area contributed by atoms with E-state index >= 15 is 0 Å². The van der Waals surface area contributed by atoms with E-state index in [4.69, 9.17) is 14.7 Å². The van der Waals surface area contributed by atoms with Gasteiger partial charge in [0.05, 0.1) is 0 Å². The number of hydrogen-bond donors (Lipinski definition) is 4. The fourth-order valence-corrected chi connectivity index (χ4v) is 23.1. The van der Waals surface area contributed by atoms with Gasteiger partial charge in [-0.3, -0.25) is 36.3 Å². The Labute approximate surface area is 245 Å². The van der Waals surface area contributed by atoms with E-state index in [0.717, 1.165) is 20.5 Å². The minimum absolute atomic E-state index is 0.0321. The fourth-order valence-electron chi connectivity index (χ4n) is 0.908. The van der Waals surface area contributed by atoms with Crippen molar-refractivity contribution in [3.63, 3.8) is 0 Å². The van der Waals surface area contributed by atoms with Crippen LogP contribution in [0.2, 0.25) is 0 Å². The van der Waals surface area contributed by atoms with Crippen LogP contribution in [0.1, 0.15) is 0 Å². The molecule has 0 radical (unpaired) electrons. The Bertz CT molecular complexity index is 1150. The first-order valence-electron chi connectivity index (χ1n) is 7.93. The summed E-state index contributed by atoms with van der Waals surface area (Å²) in [5.74, 6) is -4.90. The molecule has 0 saturated carbocycles. The molecule has 0 saturated heterocycles. The smallest absolute Gasteiger partial charge is 0.409 e. The van der Waals surface area contributed by atoms with Gasteiger partial charge >= 0.3 is 7.75 Å². The van der Waals surface area contributed by atoms with E-state index in [9.17, 15) is 80.2 Å². The molecule has 27 nitrogen and oxygen atoms in total. The molecule has 0 aliphatic carbocycles. The first-order chi connectivity index (χ1) is 17.9. The Balaban J connectivity index is -0.000000543. The van der Waals surface area contributed by atoms with Crippen LogP contribution in [0.25, 0.3) is 0 Å². The molecule has 0 rings (SSSR count). The Morgan fingerprint density at radius 2 is 0.929 bits per heavy atom. The zero-order chi connectivity index (χ0) is 34.9. The lowest BCUT2D eigenvalue weighted by Gasteiger charge is -2.31. The SMILES string of the molecule is COP(=O)([O-])SP(=O)([O-])SP(=O)([O-])O.COP(N)(=O)OP(=O)([O-])OP(=O)([O-])O.CSP(=O)([O-])OP(=O)([O-])OP(=O)([O-])O. The van der Waals surface area contributed by atoms with Gasteiger partial charge in [-0.2, -0.15) is 0 Å². The summed E-state index contributed by atoms with van der Waals surface area (Å²) in [7, 11) is -25.3. The molecule has 0 fully saturated rings. The molecule has 5 N–H and O–H groups in total. The summed E-state index contributed by atoms with van der Waals surface area (Å²) in [6.45, 7) is -14.6. The van der Waals surface area contributed by atoms with E-state index in [0.29, 0.717) is 0 Å². The maximum atomic E-state index is 10.8. The Morgan fingerprint density at radius 3 is 1.19 bits per heavy atom. The van der Waals surface area contributed by atoms with Crippen molar-refractivity contribution in [3.8, 4) is 0 Å². The largest absolute Gasteiger partial charge is 0.783 e. The third-order valence-electron chi connectivity index (χ3n) is 1.93. The highest BCUT2D eigenvalue weighted by atomic mass is 33.4. The monoisotopic (exact) mass is 855 g/mol. The molecule has 0 heterocycles. The van der Waals surface area contributed by atoms with Crippen molar-refractivity contribution in [2.45, 2.75) is 0 Å². The maximum absolute atomic E-state index is 10.8. The summed E-state index contributed by atoms with van der Waals surface area (Å²) in [6.07, 6.45) is 0.990. The first kappa shape index (κ1) is 48.8. The summed E-state index contributed by atoms with van der Waals surface area (Å²) >= 11 is -1.46. The van der Waals surface area contributed by atoms with Crippen molar-refractivity contribution < 1.29 is 121 Å². The van der Waals surface area contributed by atoms with Crippen molar-refractivity contribution in [2.75, 3.05) is 20.5 Å². The number of rotatable bonds is 15. The van der Waals surface area contributed by atoms with Gasteiger partial charge < -0.3 is 67.4 Å². The van der Waals surface area contributed by atoms with E-state index in [2.05, 4.69) is 31.8 Å². The van der Waals surface area contributed by atoms with Gasteiger partial charge in [0.15, 0.2) is 20.4 Å². The molecule has 0 aromatic carbocycles. The van der Waals surface area contributed by atoms with E-state index in [-0.39, 0.29) is 11.4 Å². The summed E-state index contributed by atoms with van der Waals surface area (Å²) in [5, 5.41) is 0. The zero-order valence-corrected chi connectivity index (χ0v) is 30.1. The molecule has 0 aliphatic rings. The molecular formula is C3H14NO26P9S3-8. The van der Waals surface area contributed by atoms with Crippen LogP contribution in [0, 0.1) is 0 Å². The molecule has 0 aromatic heterocycles. The van der Waals surface area contributed by atoms with Gasteiger partial charge in [0.2, 0.25) is 0 Å². The summed E-state index contributed by atoms with van der Waals surface area (Å²) in [4.78, 5) is 107. The molecular weight excluding hydrogens is 841 g/mol. The Morgan fingerprint density at radius 1 is 0.571 bits per heavy atom. The second kappa shape index (κ2) is 18.2. The van der Waals surface area contributed by atoms with E-state index in [1.54, 1.807) is 0 Å². The van der Waals surface area contributed by atoms with Crippen LogP contribution in [-0.4, -0.2) is 35.2 Å². The van der Waals surface area contributed by atoms with Gasteiger partial charge in [0.25, 0.3) is 31.3 Å². The predicted octanol–water partition coefficient (Wildman–Crippen LogP) is -3.06. The average molecular weight is 855 g/mol. The molecule has 0 aliphatic heterocycles. The van der Waals surface area contributed by atoms with Gasteiger partial charge in [-0.1, -0.05) is 11.4 Å². The van der Waals surface area contributed by atoms with Crippen LogP contribution in [0.3, 0.4) is 0 Å².